The zero-order chi connectivity index (χ0) is 20.4. The maximum Gasteiger partial charge on any atom is 0.344 e. The molecular weight excluding hydrogens is 454 g/mol. The molecule has 7 heteroatoms. The Hall–Kier alpha value is -2.90. The predicted octanol–water partition coefficient (Wildman–Crippen LogP) is 4.81. The third-order valence-electron chi connectivity index (χ3n) is 4.48. The lowest BCUT2D eigenvalue weighted by Gasteiger charge is -2.28. The Morgan fingerprint density at radius 1 is 0.897 bits per heavy atom. The summed E-state index contributed by atoms with van der Waals surface area (Å²) in [5.74, 6) is -0.385. The Balaban J connectivity index is 1.74. The number of ether oxygens (including phenoxy) is 1. The van der Waals surface area contributed by atoms with Crippen LogP contribution in [-0.4, -0.2) is 18.7 Å². The van der Waals surface area contributed by atoms with Crippen molar-refractivity contribution in [1.82, 2.24) is 4.31 Å². The number of halogens is 1. The van der Waals surface area contributed by atoms with E-state index in [1.54, 1.807) is 42.5 Å². The van der Waals surface area contributed by atoms with Crippen molar-refractivity contribution < 1.29 is 17.9 Å². The van der Waals surface area contributed by atoms with E-state index < -0.39 is 16.0 Å². The molecule has 0 aromatic heterocycles. The number of esters is 1. The molecule has 0 N–H and O–H groups in total. The lowest BCUT2D eigenvalue weighted by Crippen LogP contribution is -2.30. The van der Waals surface area contributed by atoms with Crippen LogP contribution in [0.1, 0.15) is 21.5 Å². The van der Waals surface area contributed by atoms with E-state index in [0.29, 0.717) is 15.6 Å². The van der Waals surface area contributed by atoms with Gasteiger partial charge >= 0.3 is 5.97 Å². The van der Waals surface area contributed by atoms with Gasteiger partial charge in [0, 0.05) is 10.0 Å². The second-order valence-corrected chi connectivity index (χ2v) is 9.11. The molecule has 1 aliphatic heterocycles. The lowest BCUT2D eigenvalue weighted by atomic mass is 10.1. The molecule has 29 heavy (non-hydrogen) atoms. The van der Waals surface area contributed by atoms with Gasteiger partial charge in [0.05, 0.1) is 23.2 Å². The molecule has 1 heterocycles. The van der Waals surface area contributed by atoms with Crippen LogP contribution in [0.3, 0.4) is 0 Å². The quantitative estimate of drug-likeness (QED) is 0.514. The van der Waals surface area contributed by atoms with E-state index in [1.165, 1.54) is 16.6 Å². The fraction of sp³-hybridized carbons (Fsp3) is 0.0455. The molecule has 5 nitrogen and oxygen atoms in total. The van der Waals surface area contributed by atoms with Crippen molar-refractivity contribution in [3.8, 4) is 0 Å². The highest BCUT2D eigenvalue weighted by atomic mass is 79.9. The first-order valence-corrected chi connectivity index (χ1v) is 11.0. The number of carbonyl (C=O) groups excluding carboxylic acids is 1. The normalized spacial score (nSPS) is 14.7. The molecule has 0 saturated carbocycles. The molecule has 0 atom stereocenters. The highest BCUT2D eigenvalue weighted by molar-refractivity contribution is 9.10. The van der Waals surface area contributed by atoms with Crippen molar-refractivity contribution in [3.63, 3.8) is 0 Å². The van der Waals surface area contributed by atoms with Crippen LogP contribution in [0.4, 0.5) is 0 Å². The molecule has 0 unspecified atom stereocenters. The van der Waals surface area contributed by atoms with Crippen molar-refractivity contribution in [1.29, 1.82) is 0 Å². The number of hydrogen-bond donors (Lipinski definition) is 0. The molecule has 0 aliphatic carbocycles. The summed E-state index contributed by atoms with van der Waals surface area (Å²) in [7, 11) is -3.77. The van der Waals surface area contributed by atoms with Gasteiger partial charge < -0.3 is 4.74 Å². The van der Waals surface area contributed by atoms with Crippen molar-refractivity contribution in [2.45, 2.75) is 11.4 Å². The van der Waals surface area contributed by atoms with E-state index in [9.17, 15) is 13.2 Å². The van der Waals surface area contributed by atoms with Gasteiger partial charge in [0.25, 0.3) is 10.0 Å². The molecular formula is C22H16BrNO4S. The second kappa shape index (κ2) is 7.85. The molecule has 0 bridgehead atoms. The Labute approximate surface area is 177 Å². The average Bonchev–Trinajstić information content (AvgIpc) is 2.73. The van der Waals surface area contributed by atoms with E-state index in [0.717, 1.165) is 5.56 Å². The molecule has 0 amide bonds. The smallest absolute Gasteiger partial charge is 0.344 e. The summed E-state index contributed by atoms with van der Waals surface area (Å²) in [6.45, 7) is 0.133. The van der Waals surface area contributed by atoms with Crippen LogP contribution >= 0.6 is 15.9 Å². The number of sulfonamides is 1. The van der Waals surface area contributed by atoms with Crippen LogP contribution in [0, 0.1) is 0 Å². The van der Waals surface area contributed by atoms with Gasteiger partial charge in [-0.15, -0.1) is 0 Å². The van der Waals surface area contributed by atoms with Crippen LogP contribution in [-0.2, 0) is 21.3 Å². The van der Waals surface area contributed by atoms with E-state index >= 15 is 0 Å². The van der Waals surface area contributed by atoms with Crippen LogP contribution in [0.2, 0.25) is 0 Å². The van der Waals surface area contributed by atoms with Crippen molar-refractivity contribution >= 4 is 37.7 Å². The van der Waals surface area contributed by atoms with Crippen LogP contribution in [0.25, 0.3) is 5.76 Å². The number of nitrogens with zero attached hydrogens (tertiary/aromatic N) is 1. The third-order valence-corrected chi connectivity index (χ3v) is 6.93. The van der Waals surface area contributed by atoms with Crippen molar-refractivity contribution in [3.05, 3.63) is 106 Å². The number of carbonyl (C=O) groups is 1. The largest absolute Gasteiger partial charge is 0.421 e. The minimum absolute atomic E-state index is 0.105. The van der Waals surface area contributed by atoms with E-state index in [1.807, 2.05) is 30.3 Å². The highest BCUT2D eigenvalue weighted by Crippen LogP contribution is 2.34. The minimum Gasteiger partial charge on any atom is -0.421 e. The summed E-state index contributed by atoms with van der Waals surface area (Å²) in [6.07, 6.45) is 1.37. The van der Waals surface area contributed by atoms with Gasteiger partial charge in [0.15, 0.2) is 5.76 Å². The summed E-state index contributed by atoms with van der Waals surface area (Å²) in [5.41, 5.74) is 1.54. The summed E-state index contributed by atoms with van der Waals surface area (Å²) in [6, 6.07) is 22.7. The minimum atomic E-state index is -3.77. The first kappa shape index (κ1) is 19.4. The zero-order valence-electron chi connectivity index (χ0n) is 15.2. The monoisotopic (exact) mass is 469 g/mol. The van der Waals surface area contributed by atoms with Gasteiger partial charge in [0.2, 0.25) is 0 Å². The van der Waals surface area contributed by atoms with Gasteiger partial charge in [-0.2, -0.15) is 0 Å². The van der Waals surface area contributed by atoms with Crippen LogP contribution in [0.15, 0.2) is 94.4 Å². The van der Waals surface area contributed by atoms with Crippen LogP contribution < -0.4 is 0 Å². The molecule has 0 radical (unpaired) electrons. The SMILES string of the molecule is O=C(OC1=CN(Cc2ccccc2)S(=O)(=O)c2ccccc21)c1ccccc1Br. The Bertz CT molecular complexity index is 1210. The first-order chi connectivity index (χ1) is 14.0. The number of fused-ring (bicyclic) bond motifs is 1. The van der Waals surface area contributed by atoms with Crippen molar-refractivity contribution in [2.75, 3.05) is 0 Å². The molecule has 3 aromatic carbocycles. The molecule has 146 valence electrons. The topological polar surface area (TPSA) is 63.7 Å². The summed E-state index contributed by atoms with van der Waals surface area (Å²) in [4.78, 5) is 12.8. The Morgan fingerprint density at radius 3 is 2.31 bits per heavy atom. The summed E-state index contributed by atoms with van der Waals surface area (Å²) < 4.78 is 33.6. The van der Waals surface area contributed by atoms with Crippen molar-refractivity contribution in [2.24, 2.45) is 0 Å². The fourth-order valence-electron chi connectivity index (χ4n) is 3.05. The Morgan fingerprint density at radius 2 is 1.55 bits per heavy atom. The van der Waals surface area contributed by atoms with E-state index in [4.69, 9.17) is 4.74 Å². The van der Waals surface area contributed by atoms with Gasteiger partial charge in [-0.3, -0.25) is 4.31 Å². The lowest BCUT2D eigenvalue weighted by molar-refractivity contribution is 0.0687. The molecule has 0 spiro atoms. The van der Waals surface area contributed by atoms with Gasteiger partial charge in [-0.25, -0.2) is 13.2 Å². The molecule has 0 saturated heterocycles. The molecule has 4 rings (SSSR count). The first-order valence-electron chi connectivity index (χ1n) is 8.80. The molecule has 0 fully saturated rings. The third kappa shape index (κ3) is 3.83. The van der Waals surface area contributed by atoms with E-state index in [-0.39, 0.29) is 17.2 Å². The highest BCUT2D eigenvalue weighted by Gasteiger charge is 2.33. The number of hydrogen-bond acceptors (Lipinski definition) is 4. The average molecular weight is 470 g/mol. The molecule has 3 aromatic rings. The second-order valence-electron chi connectivity index (χ2n) is 6.39. The van der Waals surface area contributed by atoms with Gasteiger partial charge in [-0.1, -0.05) is 54.6 Å². The maximum atomic E-state index is 13.1. The van der Waals surface area contributed by atoms with E-state index in [2.05, 4.69) is 15.9 Å². The number of rotatable bonds is 4. The summed E-state index contributed by atoms with van der Waals surface area (Å²) in [5, 5.41) is 0. The maximum absolute atomic E-state index is 13.1. The zero-order valence-corrected chi connectivity index (χ0v) is 17.6. The van der Waals surface area contributed by atoms with Gasteiger partial charge in [-0.05, 0) is 45.8 Å². The molecule has 1 aliphatic rings. The summed E-state index contributed by atoms with van der Waals surface area (Å²) >= 11 is 3.34. The number of benzene rings is 3. The van der Waals surface area contributed by atoms with Gasteiger partial charge in [0.1, 0.15) is 0 Å². The Kier molecular flexibility index (Phi) is 5.25. The fourth-order valence-corrected chi connectivity index (χ4v) is 5.00. The predicted molar refractivity (Wildman–Crippen MR) is 113 cm³/mol. The standard InChI is InChI=1S/C22H16BrNO4S/c23-19-12-6-4-10-17(19)22(25)28-20-15-24(14-16-8-2-1-3-9-16)29(26,27)21-13-7-5-11-18(20)21/h1-13,15H,14H2. The van der Waals surface area contributed by atoms with Crippen LogP contribution in [0.5, 0.6) is 0 Å².